The van der Waals surface area contributed by atoms with E-state index in [0.717, 1.165) is 38.5 Å². The van der Waals surface area contributed by atoms with E-state index in [1.54, 1.807) is 21.3 Å². The van der Waals surface area contributed by atoms with Crippen molar-refractivity contribution in [1.29, 1.82) is 0 Å². The first-order valence-corrected chi connectivity index (χ1v) is 17.6. The highest BCUT2D eigenvalue weighted by Crippen LogP contribution is 2.49. The van der Waals surface area contributed by atoms with Gasteiger partial charge in [-0.3, -0.25) is 13.6 Å². The molecule has 0 bridgehead atoms. The molecule has 0 saturated heterocycles. The van der Waals surface area contributed by atoms with Gasteiger partial charge in [-0.15, -0.1) is 0 Å². The summed E-state index contributed by atoms with van der Waals surface area (Å²) in [5.74, 6) is 0. The predicted octanol–water partition coefficient (Wildman–Crippen LogP) is 4.69. The van der Waals surface area contributed by atoms with Crippen LogP contribution in [0, 0.1) is 0 Å². The van der Waals surface area contributed by atoms with Gasteiger partial charge in [-0.25, -0.2) is 4.57 Å². The van der Waals surface area contributed by atoms with Crippen LogP contribution in [0.5, 0.6) is 0 Å². The lowest BCUT2D eigenvalue weighted by atomic mass is 10.4. The fourth-order valence-electron chi connectivity index (χ4n) is 3.44. The van der Waals surface area contributed by atoms with E-state index in [0.29, 0.717) is 118 Å². The molecule has 0 heterocycles. The number of rotatable bonds is 39. The summed E-state index contributed by atoms with van der Waals surface area (Å²) in [6, 6.07) is 0. The molecule has 0 aromatic heterocycles. The molecule has 0 atom stereocenters. The second-order valence-corrected chi connectivity index (χ2v) is 11.5. The van der Waals surface area contributed by atoms with Crippen LogP contribution in [0.2, 0.25) is 0 Å². The largest absolute Gasteiger partial charge is 0.474 e. The number of hydrogen-bond acceptors (Lipinski definition) is 13. The highest BCUT2D eigenvalue weighted by molar-refractivity contribution is 7.48. The molecule has 0 aromatic rings. The average Bonchev–Trinajstić information content (AvgIpc) is 3.02. The fourth-order valence-corrected chi connectivity index (χ4v) is 4.72. The molecule has 0 unspecified atom stereocenters. The van der Waals surface area contributed by atoms with Gasteiger partial charge < -0.3 is 42.6 Å². The van der Waals surface area contributed by atoms with Crippen LogP contribution < -0.4 is 0 Å². The maximum Gasteiger partial charge on any atom is 0.474 e. The van der Waals surface area contributed by atoms with Gasteiger partial charge in [0.25, 0.3) is 0 Å². The van der Waals surface area contributed by atoms with Crippen molar-refractivity contribution in [3.63, 3.8) is 0 Å². The van der Waals surface area contributed by atoms with Gasteiger partial charge in [-0.1, -0.05) is 0 Å². The summed E-state index contributed by atoms with van der Waals surface area (Å²) in [5.41, 5.74) is 0. The second-order valence-electron chi connectivity index (χ2n) is 9.78. The Hall–Kier alpha value is -0.250. The lowest BCUT2D eigenvalue weighted by molar-refractivity contribution is 0.0534. The van der Waals surface area contributed by atoms with Crippen molar-refractivity contribution in [1.82, 2.24) is 0 Å². The molecule has 0 aliphatic rings. The molecule has 0 radical (unpaired) electrons. The molecule has 0 aliphatic heterocycles. The summed E-state index contributed by atoms with van der Waals surface area (Å²) in [5, 5.41) is 0. The molecule has 0 amide bonds. The number of phosphoric acid groups is 1. The molecule has 0 fully saturated rings. The Morgan fingerprint density at radius 2 is 0.477 bits per heavy atom. The van der Waals surface area contributed by atoms with Crippen molar-refractivity contribution in [2.24, 2.45) is 0 Å². The lowest BCUT2D eigenvalue weighted by Gasteiger charge is -2.18. The molecular formula is C30H63O13P. The minimum Gasteiger partial charge on any atom is -0.385 e. The summed E-state index contributed by atoms with van der Waals surface area (Å²) >= 11 is 0. The molecule has 0 saturated carbocycles. The third kappa shape index (κ3) is 34.6. The monoisotopic (exact) mass is 662 g/mol. The van der Waals surface area contributed by atoms with Crippen LogP contribution in [0.4, 0.5) is 0 Å². The SMILES string of the molecule is COCCCOCCCOCCCOP(=O)(OCCCOCCCOCCCOC)OCCCOCCCOCCCOC. The van der Waals surface area contributed by atoms with E-state index in [1.165, 1.54) is 0 Å². The van der Waals surface area contributed by atoms with Gasteiger partial charge in [0.1, 0.15) is 0 Å². The van der Waals surface area contributed by atoms with Crippen molar-refractivity contribution in [3.05, 3.63) is 0 Å². The third-order valence-corrected chi connectivity index (χ3v) is 7.19. The van der Waals surface area contributed by atoms with E-state index >= 15 is 0 Å². The normalized spacial score (nSPS) is 12.0. The highest BCUT2D eigenvalue weighted by atomic mass is 31.2. The molecule has 0 N–H and O–H groups in total. The van der Waals surface area contributed by atoms with Crippen molar-refractivity contribution >= 4 is 7.82 Å². The van der Waals surface area contributed by atoms with E-state index < -0.39 is 7.82 Å². The van der Waals surface area contributed by atoms with Crippen LogP contribution in [0.3, 0.4) is 0 Å². The summed E-state index contributed by atoms with van der Waals surface area (Å²) in [6.45, 7) is 9.94. The van der Waals surface area contributed by atoms with Gasteiger partial charge in [0, 0.05) is 120 Å². The molecule has 0 aliphatic carbocycles. The summed E-state index contributed by atoms with van der Waals surface area (Å²) < 4.78 is 78.3. The zero-order chi connectivity index (χ0) is 32.1. The van der Waals surface area contributed by atoms with Gasteiger partial charge in [0.2, 0.25) is 0 Å². The van der Waals surface area contributed by atoms with Crippen molar-refractivity contribution < 1.29 is 60.8 Å². The first-order chi connectivity index (χ1) is 21.7. The Morgan fingerprint density at radius 1 is 0.295 bits per heavy atom. The minimum absolute atomic E-state index is 0.201. The van der Waals surface area contributed by atoms with Crippen molar-refractivity contribution in [3.8, 4) is 0 Å². The first-order valence-electron chi connectivity index (χ1n) is 16.2. The summed E-state index contributed by atoms with van der Waals surface area (Å²) in [4.78, 5) is 0. The van der Waals surface area contributed by atoms with Gasteiger partial charge in [-0.05, 0) is 57.8 Å². The van der Waals surface area contributed by atoms with Crippen molar-refractivity contribution in [2.45, 2.75) is 57.8 Å². The maximum atomic E-state index is 13.2. The van der Waals surface area contributed by atoms with E-state index in [-0.39, 0.29) is 19.8 Å². The van der Waals surface area contributed by atoms with Crippen LogP contribution >= 0.6 is 7.82 Å². The molecule has 13 nitrogen and oxygen atoms in total. The lowest BCUT2D eigenvalue weighted by Crippen LogP contribution is -2.09. The topological polar surface area (TPSA) is 128 Å². The molecule has 0 rings (SSSR count). The zero-order valence-electron chi connectivity index (χ0n) is 27.8. The smallest absolute Gasteiger partial charge is 0.385 e. The Morgan fingerprint density at radius 3 is 0.682 bits per heavy atom. The molecule has 266 valence electrons. The van der Waals surface area contributed by atoms with E-state index in [2.05, 4.69) is 0 Å². The van der Waals surface area contributed by atoms with Gasteiger partial charge in [-0.2, -0.15) is 0 Å². The number of phosphoric ester groups is 1. The van der Waals surface area contributed by atoms with Crippen LogP contribution in [0.25, 0.3) is 0 Å². The molecular weight excluding hydrogens is 599 g/mol. The van der Waals surface area contributed by atoms with Crippen LogP contribution in [0.15, 0.2) is 0 Å². The van der Waals surface area contributed by atoms with Gasteiger partial charge in [0.15, 0.2) is 0 Å². The van der Waals surface area contributed by atoms with E-state index in [9.17, 15) is 4.57 Å². The van der Waals surface area contributed by atoms with Gasteiger partial charge in [0.05, 0.1) is 19.8 Å². The Kier molecular flexibility index (Phi) is 37.0. The summed E-state index contributed by atoms with van der Waals surface area (Å²) in [7, 11) is 1.32. The number of methoxy groups -OCH3 is 3. The second kappa shape index (κ2) is 37.2. The molecule has 0 spiro atoms. The molecule has 0 aromatic carbocycles. The standard InChI is InChI=1S/C30H63O13P/c1-32-13-4-16-35-19-7-22-38-25-10-28-41-44(31,42-29-11-26-39-23-8-20-36-17-5-14-33-2)43-30-12-27-40-24-9-21-37-18-6-15-34-3/h4-30H2,1-3H3. The van der Waals surface area contributed by atoms with Crippen molar-refractivity contribution in [2.75, 3.05) is 140 Å². The van der Waals surface area contributed by atoms with Crippen LogP contribution in [0.1, 0.15) is 57.8 Å². The van der Waals surface area contributed by atoms with Crippen LogP contribution in [-0.2, 0) is 60.8 Å². The third-order valence-electron chi connectivity index (χ3n) is 5.69. The van der Waals surface area contributed by atoms with Gasteiger partial charge >= 0.3 is 7.82 Å². The highest BCUT2D eigenvalue weighted by Gasteiger charge is 2.26. The van der Waals surface area contributed by atoms with E-state index in [1.807, 2.05) is 0 Å². The molecule has 44 heavy (non-hydrogen) atoms. The van der Waals surface area contributed by atoms with E-state index in [4.69, 9.17) is 56.2 Å². The quantitative estimate of drug-likeness (QED) is 0.0667. The Balaban J connectivity index is 4.07. The fraction of sp³-hybridized carbons (Fsp3) is 1.00. The number of hydrogen-bond donors (Lipinski definition) is 0. The Labute approximate surface area is 266 Å². The summed E-state index contributed by atoms with van der Waals surface area (Å²) in [6.07, 6.45) is 6.79. The Bertz CT molecular complexity index is 513. The number of ether oxygens (including phenoxy) is 9. The zero-order valence-corrected chi connectivity index (χ0v) is 28.7. The average molecular weight is 663 g/mol. The maximum absolute atomic E-state index is 13.2. The minimum atomic E-state index is -3.72. The van der Waals surface area contributed by atoms with Crippen LogP contribution in [-0.4, -0.2) is 140 Å². The first kappa shape index (κ1) is 43.8. The predicted molar refractivity (Wildman–Crippen MR) is 168 cm³/mol. The molecule has 14 heteroatoms.